The molecule has 1 N–H and O–H groups in total. The first-order chi connectivity index (χ1) is 11.8. The van der Waals surface area contributed by atoms with Crippen molar-refractivity contribution in [1.82, 2.24) is 0 Å². The maximum atomic E-state index is 11.9. The highest BCUT2D eigenvalue weighted by atomic mass is 16.5. The number of rotatable bonds is 1. The molecule has 138 valence electrons. The van der Waals surface area contributed by atoms with Crippen LogP contribution in [0, 0.1) is 28.6 Å². The van der Waals surface area contributed by atoms with Crippen molar-refractivity contribution in [2.45, 2.75) is 77.9 Å². The summed E-state index contributed by atoms with van der Waals surface area (Å²) >= 11 is 0. The minimum absolute atomic E-state index is 0.0403. The van der Waals surface area contributed by atoms with Gasteiger partial charge < -0.3 is 9.84 Å². The number of ketones is 1. The predicted octanol–water partition coefficient (Wildman–Crippen LogP) is 3.42. The fraction of sp³-hybridized carbons (Fsp3) is 0.810. The summed E-state index contributed by atoms with van der Waals surface area (Å²) in [6, 6.07) is 0. The third kappa shape index (κ3) is 2.36. The topological polar surface area (TPSA) is 63.6 Å². The molecule has 25 heavy (non-hydrogen) atoms. The highest BCUT2D eigenvalue weighted by Gasteiger charge is 2.61. The van der Waals surface area contributed by atoms with Crippen molar-refractivity contribution in [2.24, 2.45) is 28.6 Å². The summed E-state index contributed by atoms with van der Waals surface area (Å²) in [6.45, 7) is 6.01. The molecule has 0 saturated heterocycles. The number of carbonyl (C=O) groups is 2. The lowest BCUT2D eigenvalue weighted by atomic mass is 9.46. The van der Waals surface area contributed by atoms with Crippen LogP contribution in [0.5, 0.6) is 0 Å². The summed E-state index contributed by atoms with van der Waals surface area (Å²) in [4.78, 5) is 23.4. The SMILES string of the molecule is CC(=O)O[C@H]1CC[C@H]2[C@@H]3CCC4=CC(=O)CC(O)[C@]4(C)[C@H]3CC[C@]12C. The van der Waals surface area contributed by atoms with Gasteiger partial charge in [-0.1, -0.05) is 19.4 Å². The Morgan fingerprint density at radius 1 is 1.20 bits per heavy atom. The Morgan fingerprint density at radius 3 is 2.68 bits per heavy atom. The van der Waals surface area contributed by atoms with Gasteiger partial charge in [-0.25, -0.2) is 0 Å². The van der Waals surface area contributed by atoms with Crippen LogP contribution in [0.2, 0.25) is 0 Å². The van der Waals surface area contributed by atoms with Gasteiger partial charge in [0, 0.05) is 24.2 Å². The van der Waals surface area contributed by atoms with E-state index in [1.807, 2.05) is 6.08 Å². The first-order valence-electron chi connectivity index (χ1n) is 9.86. The molecule has 3 fully saturated rings. The van der Waals surface area contributed by atoms with Crippen LogP contribution in [-0.2, 0) is 14.3 Å². The standard InChI is InChI=1S/C21H30O4/c1-12(22)25-19-7-6-16-15-5-4-13-10-14(23)11-18(24)21(13,3)17(15)8-9-20(16,19)2/h10,15-19,24H,4-9,11H2,1-3H3/t15-,16-,17-,18?,19-,20-,21-/m0/s1. The van der Waals surface area contributed by atoms with Gasteiger partial charge in [-0.15, -0.1) is 0 Å². The Morgan fingerprint density at radius 2 is 1.96 bits per heavy atom. The number of aliphatic hydroxyl groups excluding tert-OH is 1. The molecule has 4 aliphatic carbocycles. The lowest BCUT2D eigenvalue weighted by molar-refractivity contribution is -0.159. The van der Waals surface area contributed by atoms with E-state index >= 15 is 0 Å². The average Bonchev–Trinajstić information content (AvgIpc) is 2.85. The third-order valence-corrected chi connectivity index (χ3v) is 8.29. The number of carbonyl (C=O) groups excluding carboxylic acids is 2. The molecule has 1 unspecified atom stereocenters. The van der Waals surface area contributed by atoms with Crippen molar-refractivity contribution in [3.8, 4) is 0 Å². The monoisotopic (exact) mass is 346 g/mol. The van der Waals surface area contributed by atoms with Gasteiger partial charge in [0.15, 0.2) is 5.78 Å². The fourth-order valence-corrected chi connectivity index (χ4v) is 6.95. The zero-order chi connectivity index (χ0) is 18.0. The molecule has 0 aliphatic heterocycles. The van der Waals surface area contributed by atoms with Crippen molar-refractivity contribution in [3.05, 3.63) is 11.6 Å². The summed E-state index contributed by atoms with van der Waals surface area (Å²) in [5.41, 5.74) is 0.994. The molecular weight excluding hydrogens is 316 g/mol. The molecule has 0 aromatic heterocycles. The van der Waals surface area contributed by atoms with E-state index in [9.17, 15) is 14.7 Å². The predicted molar refractivity (Wildman–Crippen MR) is 93.7 cm³/mol. The minimum Gasteiger partial charge on any atom is -0.462 e. The van der Waals surface area contributed by atoms with E-state index in [4.69, 9.17) is 4.74 Å². The number of hydrogen-bond acceptors (Lipinski definition) is 4. The largest absolute Gasteiger partial charge is 0.462 e. The summed E-state index contributed by atoms with van der Waals surface area (Å²) in [6.07, 6.45) is 7.76. The van der Waals surface area contributed by atoms with Gasteiger partial charge in [0.1, 0.15) is 6.10 Å². The molecule has 0 heterocycles. The zero-order valence-electron chi connectivity index (χ0n) is 15.6. The minimum atomic E-state index is -0.553. The number of aliphatic hydroxyl groups is 1. The van der Waals surface area contributed by atoms with Crippen molar-refractivity contribution in [3.63, 3.8) is 0 Å². The second-order valence-corrected chi connectivity index (χ2v) is 9.27. The summed E-state index contributed by atoms with van der Waals surface area (Å²) < 4.78 is 5.69. The molecular formula is C21H30O4. The van der Waals surface area contributed by atoms with Gasteiger partial charge in [0.2, 0.25) is 0 Å². The van der Waals surface area contributed by atoms with Crippen LogP contribution in [0.3, 0.4) is 0 Å². The average molecular weight is 346 g/mol. The maximum Gasteiger partial charge on any atom is 0.302 e. The molecule has 0 aromatic carbocycles. The normalized spacial score (nSPS) is 48.9. The van der Waals surface area contributed by atoms with Crippen molar-refractivity contribution < 1.29 is 19.4 Å². The Balaban J connectivity index is 1.65. The van der Waals surface area contributed by atoms with E-state index in [1.54, 1.807) is 0 Å². The van der Waals surface area contributed by atoms with Gasteiger partial charge in [0.05, 0.1) is 6.10 Å². The van der Waals surface area contributed by atoms with Crippen LogP contribution in [0.25, 0.3) is 0 Å². The third-order valence-electron chi connectivity index (χ3n) is 8.29. The molecule has 0 bridgehead atoms. The molecule has 4 aliphatic rings. The Labute approximate surface area is 150 Å². The van der Waals surface area contributed by atoms with Gasteiger partial charge in [-0.2, -0.15) is 0 Å². The van der Waals surface area contributed by atoms with E-state index in [0.717, 1.165) is 38.5 Å². The quantitative estimate of drug-likeness (QED) is 0.739. The summed E-state index contributed by atoms with van der Waals surface area (Å²) in [7, 11) is 0. The van der Waals surface area contributed by atoms with Gasteiger partial charge in [-0.05, 0) is 62.4 Å². The molecule has 4 heteroatoms. The van der Waals surface area contributed by atoms with Crippen LogP contribution in [0.4, 0.5) is 0 Å². The molecule has 4 nitrogen and oxygen atoms in total. The van der Waals surface area contributed by atoms with E-state index in [0.29, 0.717) is 17.8 Å². The van der Waals surface area contributed by atoms with Gasteiger partial charge in [-0.3, -0.25) is 9.59 Å². The second kappa shape index (κ2) is 5.67. The van der Waals surface area contributed by atoms with E-state index in [-0.39, 0.29) is 35.1 Å². The highest BCUT2D eigenvalue weighted by Crippen LogP contribution is 2.65. The molecule has 7 atom stereocenters. The van der Waals surface area contributed by atoms with Crippen LogP contribution < -0.4 is 0 Å². The lowest BCUT2D eigenvalue weighted by Crippen LogP contribution is -2.55. The van der Waals surface area contributed by atoms with Gasteiger partial charge in [0.25, 0.3) is 0 Å². The van der Waals surface area contributed by atoms with Crippen molar-refractivity contribution in [2.75, 3.05) is 0 Å². The van der Waals surface area contributed by atoms with E-state index in [1.165, 1.54) is 12.5 Å². The molecule has 0 amide bonds. The van der Waals surface area contributed by atoms with Crippen molar-refractivity contribution >= 4 is 11.8 Å². The molecule has 0 aromatic rings. The van der Waals surface area contributed by atoms with Crippen LogP contribution in [0.15, 0.2) is 11.6 Å². The number of esters is 1. The Bertz CT molecular complexity index is 638. The van der Waals surface area contributed by atoms with Gasteiger partial charge >= 0.3 is 5.97 Å². The highest BCUT2D eigenvalue weighted by molar-refractivity contribution is 5.92. The smallest absolute Gasteiger partial charge is 0.302 e. The molecule has 0 radical (unpaired) electrons. The fourth-order valence-electron chi connectivity index (χ4n) is 6.95. The number of ether oxygens (including phenoxy) is 1. The zero-order valence-corrected chi connectivity index (χ0v) is 15.6. The van der Waals surface area contributed by atoms with Crippen LogP contribution >= 0.6 is 0 Å². The Hall–Kier alpha value is -1.16. The van der Waals surface area contributed by atoms with E-state index in [2.05, 4.69) is 13.8 Å². The number of hydrogen-bond donors (Lipinski definition) is 1. The van der Waals surface area contributed by atoms with Crippen LogP contribution in [0.1, 0.15) is 65.7 Å². The first-order valence-corrected chi connectivity index (χ1v) is 9.86. The maximum absolute atomic E-state index is 11.9. The second-order valence-electron chi connectivity index (χ2n) is 9.27. The van der Waals surface area contributed by atoms with Crippen molar-refractivity contribution in [1.29, 1.82) is 0 Å². The number of fused-ring (bicyclic) bond motifs is 5. The lowest BCUT2D eigenvalue weighted by Gasteiger charge is -2.58. The van der Waals surface area contributed by atoms with Crippen LogP contribution in [-0.4, -0.2) is 29.1 Å². The first kappa shape index (κ1) is 17.3. The summed E-state index contributed by atoms with van der Waals surface area (Å²) in [5.74, 6) is 1.46. The van der Waals surface area contributed by atoms with E-state index < -0.39 is 6.10 Å². The summed E-state index contributed by atoms with van der Waals surface area (Å²) in [5, 5.41) is 10.8. The molecule has 0 spiro atoms. The Kier molecular flexibility index (Phi) is 3.91. The molecule has 4 rings (SSSR count). The molecule has 3 saturated carbocycles.